The molecular weight excluding hydrogens is 421 g/mol. The molecule has 0 spiro atoms. The van der Waals surface area contributed by atoms with Crippen LogP contribution in [0.25, 0.3) is 0 Å². The Balaban J connectivity index is 1.38. The summed E-state index contributed by atoms with van der Waals surface area (Å²) in [4.78, 5) is 2.37. The third-order valence-electron chi connectivity index (χ3n) is 6.83. The number of rotatable bonds is 7. The zero-order valence-corrected chi connectivity index (χ0v) is 18.5. The van der Waals surface area contributed by atoms with Crippen molar-refractivity contribution in [2.75, 3.05) is 19.6 Å². The van der Waals surface area contributed by atoms with Crippen molar-refractivity contribution in [1.82, 2.24) is 4.90 Å². The van der Waals surface area contributed by atoms with Crippen molar-refractivity contribution in [3.63, 3.8) is 0 Å². The van der Waals surface area contributed by atoms with Gasteiger partial charge in [0.15, 0.2) is 0 Å². The van der Waals surface area contributed by atoms with E-state index in [0.717, 1.165) is 49.2 Å². The van der Waals surface area contributed by atoms with E-state index < -0.39 is 5.41 Å². The van der Waals surface area contributed by atoms with Gasteiger partial charge in [0.25, 0.3) is 0 Å². The first kappa shape index (κ1) is 23.1. The zero-order chi connectivity index (χ0) is 23.3. The lowest BCUT2D eigenvalue weighted by molar-refractivity contribution is 0.182. The van der Waals surface area contributed by atoms with Crippen molar-refractivity contribution >= 4 is 0 Å². The smallest absolute Gasteiger partial charge is 0.123 e. The number of nitriles is 1. The molecule has 170 valence electrons. The molecule has 0 N–H and O–H groups in total. The van der Waals surface area contributed by atoms with E-state index in [9.17, 15) is 18.4 Å². The van der Waals surface area contributed by atoms with E-state index in [0.29, 0.717) is 12.8 Å². The minimum atomic E-state index is -0.561. The summed E-state index contributed by atoms with van der Waals surface area (Å²) >= 11 is 0. The number of hydrogen-bond donors (Lipinski definition) is 0. The van der Waals surface area contributed by atoms with Crippen molar-refractivity contribution in [3.05, 3.63) is 107 Å². The molecule has 0 bridgehead atoms. The largest absolute Gasteiger partial charge is 0.303 e. The van der Waals surface area contributed by atoms with E-state index >= 15 is 0 Å². The van der Waals surface area contributed by atoms with Crippen LogP contribution < -0.4 is 0 Å². The Morgan fingerprint density at radius 1 is 0.758 bits per heavy atom. The van der Waals surface area contributed by atoms with E-state index in [-0.39, 0.29) is 23.4 Å². The van der Waals surface area contributed by atoms with Gasteiger partial charge >= 0.3 is 0 Å². The number of piperidine rings is 1. The number of likely N-dealkylation sites (tertiary alicyclic amines) is 1. The Bertz CT molecular complexity index is 1030. The molecule has 0 saturated carbocycles. The first-order valence-corrected chi connectivity index (χ1v) is 11.4. The molecule has 0 atom stereocenters. The first-order valence-electron chi connectivity index (χ1n) is 11.4. The molecule has 3 aromatic rings. The molecule has 0 unspecified atom stereocenters. The van der Waals surface area contributed by atoms with Gasteiger partial charge in [-0.3, -0.25) is 0 Å². The number of nitrogens with zero attached hydrogens (tertiary/aromatic N) is 2. The second-order valence-corrected chi connectivity index (χ2v) is 8.84. The normalized spacial score (nSPS) is 16.0. The highest BCUT2D eigenvalue weighted by molar-refractivity contribution is 5.34. The maximum atomic E-state index is 13.4. The number of hydrogen-bond acceptors (Lipinski definition) is 2. The van der Waals surface area contributed by atoms with Gasteiger partial charge in [-0.25, -0.2) is 13.2 Å². The Morgan fingerprint density at radius 3 is 1.67 bits per heavy atom. The van der Waals surface area contributed by atoms with Crippen LogP contribution in [-0.4, -0.2) is 24.5 Å². The summed E-state index contributed by atoms with van der Waals surface area (Å²) in [6, 6.07) is 21.8. The van der Waals surface area contributed by atoms with Gasteiger partial charge < -0.3 is 4.90 Å². The first-order chi connectivity index (χ1) is 16.0. The summed E-state index contributed by atoms with van der Waals surface area (Å²) in [6.07, 6.45) is 3.22. The van der Waals surface area contributed by atoms with E-state index in [4.69, 9.17) is 0 Å². The van der Waals surface area contributed by atoms with Crippen molar-refractivity contribution in [1.29, 1.82) is 5.26 Å². The van der Waals surface area contributed by atoms with Crippen molar-refractivity contribution < 1.29 is 13.2 Å². The molecule has 1 aliphatic heterocycles. The molecule has 5 heteroatoms. The Labute approximate surface area is 193 Å². The molecule has 2 nitrogen and oxygen atoms in total. The lowest BCUT2D eigenvalue weighted by atomic mass is 9.74. The van der Waals surface area contributed by atoms with Crippen LogP contribution in [0, 0.1) is 28.8 Å². The third kappa shape index (κ3) is 5.46. The summed E-state index contributed by atoms with van der Waals surface area (Å²) in [5, 5.41) is 9.87. The monoisotopic (exact) mass is 448 g/mol. The molecule has 0 amide bonds. The highest BCUT2D eigenvalue weighted by Gasteiger charge is 2.36. The van der Waals surface area contributed by atoms with E-state index in [1.165, 1.54) is 36.4 Å². The van der Waals surface area contributed by atoms with Gasteiger partial charge in [-0.1, -0.05) is 36.4 Å². The quantitative estimate of drug-likeness (QED) is 0.409. The van der Waals surface area contributed by atoms with Crippen LogP contribution in [0.3, 0.4) is 0 Å². The molecule has 4 rings (SSSR count). The van der Waals surface area contributed by atoms with Gasteiger partial charge in [0.1, 0.15) is 17.5 Å². The molecule has 3 aromatic carbocycles. The maximum Gasteiger partial charge on any atom is 0.123 e. The molecule has 1 saturated heterocycles. The molecule has 0 radical (unpaired) electrons. The minimum Gasteiger partial charge on any atom is -0.303 e. The third-order valence-corrected chi connectivity index (χ3v) is 6.83. The molecule has 0 aliphatic carbocycles. The molecular formula is C28H27F3N2. The fraction of sp³-hybridized carbons (Fsp3) is 0.321. The van der Waals surface area contributed by atoms with Gasteiger partial charge in [-0.2, -0.15) is 5.26 Å². The van der Waals surface area contributed by atoms with Crippen LogP contribution >= 0.6 is 0 Å². The van der Waals surface area contributed by atoms with Crippen molar-refractivity contribution in [2.24, 2.45) is 0 Å². The standard InChI is InChI=1S/C28H27F3N2/c29-24-9-3-21(4-10-24)27(22-5-11-25(30)12-6-22)2-1-17-33-18-15-28(20-32,16-19-33)23-7-13-26(31)14-8-23/h3-14,27H,1-2,15-19H2. The fourth-order valence-electron chi connectivity index (χ4n) is 4.83. The molecule has 33 heavy (non-hydrogen) atoms. The predicted molar refractivity (Wildman–Crippen MR) is 123 cm³/mol. The van der Waals surface area contributed by atoms with E-state index in [1.54, 1.807) is 36.4 Å². The summed E-state index contributed by atoms with van der Waals surface area (Å²) in [5.41, 5.74) is 2.36. The van der Waals surface area contributed by atoms with Crippen molar-refractivity contribution in [2.45, 2.75) is 37.0 Å². The fourth-order valence-corrected chi connectivity index (χ4v) is 4.83. The topological polar surface area (TPSA) is 27.0 Å². The van der Waals surface area contributed by atoms with Gasteiger partial charge in [0.05, 0.1) is 11.5 Å². The SMILES string of the molecule is N#CC1(c2ccc(F)cc2)CCN(CCCC(c2ccc(F)cc2)c2ccc(F)cc2)CC1. The van der Waals surface area contributed by atoms with E-state index in [2.05, 4.69) is 11.0 Å². The Hall–Kier alpha value is -3.10. The van der Waals surface area contributed by atoms with Crippen molar-refractivity contribution in [3.8, 4) is 6.07 Å². The Morgan fingerprint density at radius 2 is 1.21 bits per heavy atom. The summed E-state index contributed by atoms with van der Waals surface area (Å²) in [7, 11) is 0. The number of halogens is 3. The lowest BCUT2D eigenvalue weighted by Gasteiger charge is -2.37. The average molecular weight is 449 g/mol. The van der Waals surface area contributed by atoms with Crippen LogP contribution in [0.1, 0.15) is 48.3 Å². The second kappa shape index (κ2) is 10.2. The van der Waals surface area contributed by atoms with Crippen LogP contribution in [0.2, 0.25) is 0 Å². The lowest BCUT2D eigenvalue weighted by Crippen LogP contribution is -2.42. The molecule has 0 aromatic heterocycles. The second-order valence-electron chi connectivity index (χ2n) is 8.84. The summed E-state index contributed by atoms with van der Waals surface area (Å²) in [6.45, 7) is 2.51. The van der Waals surface area contributed by atoms with E-state index in [1.807, 2.05) is 0 Å². The molecule has 1 heterocycles. The summed E-state index contributed by atoms with van der Waals surface area (Å²) in [5.74, 6) is -0.770. The predicted octanol–water partition coefficient (Wildman–Crippen LogP) is 6.57. The van der Waals surface area contributed by atoms with Gasteiger partial charge in [0, 0.05) is 5.92 Å². The molecule has 1 aliphatic rings. The highest BCUT2D eigenvalue weighted by atomic mass is 19.1. The van der Waals surface area contributed by atoms with Crippen LogP contribution in [-0.2, 0) is 5.41 Å². The van der Waals surface area contributed by atoms with Gasteiger partial charge in [-0.15, -0.1) is 0 Å². The Kier molecular flexibility index (Phi) is 7.15. The highest BCUT2D eigenvalue weighted by Crippen LogP contribution is 2.36. The zero-order valence-electron chi connectivity index (χ0n) is 18.5. The maximum absolute atomic E-state index is 13.4. The van der Waals surface area contributed by atoms with Gasteiger partial charge in [0.2, 0.25) is 0 Å². The van der Waals surface area contributed by atoms with Crippen LogP contribution in [0.5, 0.6) is 0 Å². The van der Waals surface area contributed by atoms with Crippen LogP contribution in [0.4, 0.5) is 13.2 Å². The number of benzene rings is 3. The molecule has 1 fully saturated rings. The average Bonchev–Trinajstić information content (AvgIpc) is 2.84. The van der Waals surface area contributed by atoms with Gasteiger partial charge in [-0.05, 0) is 98.4 Å². The summed E-state index contributed by atoms with van der Waals surface area (Å²) < 4.78 is 40.2. The van der Waals surface area contributed by atoms with Crippen LogP contribution in [0.15, 0.2) is 72.8 Å². The minimum absolute atomic E-state index is 0.0633.